The third-order valence-electron chi connectivity index (χ3n) is 2.58. The van der Waals surface area contributed by atoms with Crippen LogP contribution in [0.2, 0.25) is 5.02 Å². The molecule has 0 aliphatic rings. The second kappa shape index (κ2) is 6.03. The zero-order valence-electron chi connectivity index (χ0n) is 9.97. The zero-order chi connectivity index (χ0) is 13.7. The van der Waals surface area contributed by atoms with Crippen LogP contribution in [0.3, 0.4) is 0 Å². The number of hydrogen-bond donors (Lipinski definition) is 0. The Hall–Kier alpha value is -2.31. The quantitative estimate of drug-likeness (QED) is 0.630. The minimum Gasteiger partial charge on any atom is -0.487 e. The molecule has 2 aromatic carbocycles. The van der Waals surface area contributed by atoms with Crippen molar-refractivity contribution in [3.05, 3.63) is 64.7 Å². The molecule has 0 N–H and O–H groups in total. The van der Waals surface area contributed by atoms with Gasteiger partial charge in [0.05, 0.1) is 5.02 Å². The number of nitriles is 1. The van der Waals surface area contributed by atoms with Gasteiger partial charge in [-0.25, -0.2) is 0 Å². The fraction of sp³-hybridized carbons (Fsp3) is 0.0667. The summed E-state index contributed by atoms with van der Waals surface area (Å²) in [6, 6.07) is 15.6. The van der Waals surface area contributed by atoms with Crippen molar-refractivity contribution >= 4 is 17.4 Å². The molecule has 0 aromatic heterocycles. The van der Waals surface area contributed by atoms with Crippen LogP contribution in [0.1, 0.15) is 15.9 Å². The number of nitrogens with zero attached hydrogens (tertiary/aromatic N) is 1. The van der Waals surface area contributed by atoms with Crippen molar-refractivity contribution < 1.29 is 9.53 Å². The third kappa shape index (κ3) is 3.12. The molecule has 0 radical (unpaired) electrons. The summed E-state index contributed by atoms with van der Waals surface area (Å²) in [5.74, 6) is -0.0262. The maximum atomic E-state index is 11.5. The molecule has 0 bridgehead atoms. The van der Waals surface area contributed by atoms with Gasteiger partial charge in [-0.05, 0) is 18.2 Å². The first-order chi connectivity index (χ1) is 9.22. The number of rotatable bonds is 4. The highest BCUT2D eigenvalue weighted by atomic mass is 35.5. The lowest BCUT2D eigenvalue weighted by Crippen LogP contribution is -2.04. The highest BCUT2D eigenvalue weighted by Crippen LogP contribution is 2.24. The number of ether oxygens (including phenoxy) is 1. The maximum absolute atomic E-state index is 11.5. The van der Waals surface area contributed by atoms with E-state index in [4.69, 9.17) is 21.6 Å². The van der Waals surface area contributed by atoms with Gasteiger partial charge in [0, 0.05) is 11.1 Å². The number of para-hydroxylation sites is 1. The van der Waals surface area contributed by atoms with E-state index in [1.807, 2.05) is 12.1 Å². The Balaban J connectivity index is 2.19. The van der Waals surface area contributed by atoms with Gasteiger partial charge in [0.2, 0.25) is 0 Å². The molecule has 19 heavy (non-hydrogen) atoms. The van der Waals surface area contributed by atoms with Crippen molar-refractivity contribution in [1.82, 2.24) is 0 Å². The second-order valence-electron chi connectivity index (χ2n) is 3.82. The van der Waals surface area contributed by atoms with Gasteiger partial charge >= 0.3 is 0 Å². The topological polar surface area (TPSA) is 50.1 Å². The van der Waals surface area contributed by atoms with Gasteiger partial charge < -0.3 is 4.74 Å². The number of ketones is 1. The summed E-state index contributed by atoms with van der Waals surface area (Å²) in [6.45, 7) is 0.188. The number of hydrogen-bond acceptors (Lipinski definition) is 3. The molecule has 0 aliphatic heterocycles. The zero-order valence-corrected chi connectivity index (χ0v) is 10.7. The molecule has 0 unspecified atom stereocenters. The van der Waals surface area contributed by atoms with Crippen LogP contribution >= 0.6 is 11.6 Å². The lowest BCUT2D eigenvalue weighted by molar-refractivity contribution is 0.105. The molecule has 0 aliphatic carbocycles. The van der Waals surface area contributed by atoms with Crippen molar-refractivity contribution in [2.24, 2.45) is 0 Å². The minimum atomic E-state index is -0.571. The largest absolute Gasteiger partial charge is 0.487 e. The van der Waals surface area contributed by atoms with E-state index in [-0.39, 0.29) is 6.61 Å². The molecule has 0 amide bonds. The van der Waals surface area contributed by atoms with Gasteiger partial charge in [-0.2, -0.15) is 5.26 Å². The molecule has 4 heteroatoms. The first-order valence-electron chi connectivity index (χ1n) is 5.62. The summed E-state index contributed by atoms with van der Waals surface area (Å²) in [4.78, 5) is 11.5. The lowest BCUT2D eigenvalue weighted by Gasteiger charge is -2.09. The summed E-state index contributed by atoms with van der Waals surface area (Å²) >= 11 is 5.98. The molecule has 3 nitrogen and oxygen atoms in total. The number of Topliss-reactive ketones (excluding diaryl/α,β-unsaturated/α-hetero) is 1. The monoisotopic (exact) mass is 271 g/mol. The van der Waals surface area contributed by atoms with E-state index in [1.54, 1.807) is 42.5 Å². The molecular formula is C15H10ClNO2. The van der Waals surface area contributed by atoms with Gasteiger partial charge in [-0.1, -0.05) is 41.9 Å². The Morgan fingerprint density at radius 2 is 1.84 bits per heavy atom. The minimum absolute atomic E-state index is 0.188. The lowest BCUT2D eigenvalue weighted by atomic mass is 10.1. The molecule has 0 saturated carbocycles. The summed E-state index contributed by atoms with van der Waals surface area (Å²) in [7, 11) is 0. The van der Waals surface area contributed by atoms with E-state index in [0.29, 0.717) is 21.9 Å². The fourth-order valence-electron chi connectivity index (χ4n) is 1.65. The molecule has 2 rings (SSSR count). The number of halogens is 1. The van der Waals surface area contributed by atoms with Crippen LogP contribution in [0.4, 0.5) is 0 Å². The molecule has 0 atom stereocenters. The van der Waals surface area contributed by atoms with Crippen LogP contribution < -0.4 is 4.74 Å². The van der Waals surface area contributed by atoms with Crippen LogP contribution in [0.15, 0.2) is 48.5 Å². The first kappa shape index (κ1) is 13.1. The third-order valence-corrected chi connectivity index (χ3v) is 2.90. The molecule has 94 valence electrons. The van der Waals surface area contributed by atoms with Crippen molar-refractivity contribution in [2.45, 2.75) is 6.61 Å². The van der Waals surface area contributed by atoms with Crippen LogP contribution in [0, 0.1) is 11.3 Å². The SMILES string of the molecule is N#CC(=O)c1ccccc1COc1ccccc1Cl. The van der Waals surface area contributed by atoms with Crippen LogP contribution in [0.5, 0.6) is 5.75 Å². The standard InChI is InChI=1S/C15H10ClNO2/c16-13-7-3-4-8-15(13)19-10-11-5-1-2-6-12(11)14(18)9-17/h1-8H,10H2. The van der Waals surface area contributed by atoms with Crippen molar-refractivity contribution in [3.8, 4) is 11.8 Å². The average molecular weight is 272 g/mol. The van der Waals surface area contributed by atoms with E-state index in [1.165, 1.54) is 0 Å². The first-order valence-corrected chi connectivity index (χ1v) is 6.00. The summed E-state index contributed by atoms with van der Waals surface area (Å²) in [5.41, 5.74) is 1.02. The highest BCUT2D eigenvalue weighted by Gasteiger charge is 2.10. The van der Waals surface area contributed by atoms with Crippen molar-refractivity contribution in [1.29, 1.82) is 5.26 Å². The van der Waals surface area contributed by atoms with Gasteiger partial charge in [-0.15, -0.1) is 0 Å². The van der Waals surface area contributed by atoms with E-state index >= 15 is 0 Å². The summed E-state index contributed by atoms with van der Waals surface area (Å²) in [5, 5.41) is 9.19. The second-order valence-corrected chi connectivity index (χ2v) is 4.22. The fourth-order valence-corrected chi connectivity index (χ4v) is 1.84. The molecule has 0 spiro atoms. The van der Waals surface area contributed by atoms with E-state index in [0.717, 1.165) is 0 Å². The van der Waals surface area contributed by atoms with Crippen LogP contribution in [-0.4, -0.2) is 5.78 Å². The predicted molar refractivity (Wildman–Crippen MR) is 72.2 cm³/mol. The Labute approximate surface area is 116 Å². The van der Waals surface area contributed by atoms with Gasteiger partial charge in [-0.3, -0.25) is 4.79 Å². The Morgan fingerprint density at radius 1 is 1.16 bits per heavy atom. The summed E-state index contributed by atoms with van der Waals surface area (Å²) < 4.78 is 5.56. The van der Waals surface area contributed by atoms with Gasteiger partial charge in [0.15, 0.2) is 0 Å². The number of carbonyl (C=O) groups is 1. The smallest absolute Gasteiger partial charge is 0.262 e. The Kier molecular flexibility index (Phi) is 4.17. The van der Waals surface area contributed by atoms with Gasteiger partial charge in [0.25, 0.3) is 5.78 Å². The Bertz CT molecular complexity index is 647. The highest BCUT2D eigenvalue weighted by molar-refractivity contribution is 6.32. The van der Waals surface area contributed by atoms with Crippen LogP contribution in [-0.2, 0) is 6.61 Å². The Morgan fingerprint density at radius 3 is 2.58 bits per heavy atom. The van der Waals surface area contributed by atoms with Crippen LogP contribution in [0.25, 0.3) is 0 Å². The van der Waals surface area contributed by atoms with E-state index in [9.17, 15) is 4.79 Å². The molecule has 0 saturated heterocycles. The maximum Gasteiger partial charge on any atom is 0.262 e. The van der Waals surface area contributed by atoms with Crippen molar-refractivity contribution in [3.63, 3.8) is 0 Å². The van der Waals surface area contributed by atoms with Gasteiger partial charge in [0.1, 0.15) is 18.4 Å². The average Bonchev–Trinajstić information content (AvgIpc) is 2.46. The van der Waals surface area contributed by atoms with Crippen molar-refractivity contribution in [2.75, 3.05) is 0 Å². The van der Waals surface area contributed by atoms with E-state index < -0.39 is 5.78 Å². The predicted octanol–water partition coefficient (Wildman–Crippen LogP) is 3.63. The van der Waals surface area contributed by atoms with E-state index in [2.05, 4.69) is 0 Å². The number of carbonyl (C=O) groups excluding carboxylic acids is 1. The normalized spacial score (nSPS) is 9.68. The molecule has 0 fully saturated rings. The molecule has 0 heterocycles. The number of benzene rings is 2. The summed E-state index contributed by atoms with van der Waals surface area (Å²) in [6.07, 6.45) is 0. The molecular weight excluding hydrogens is 262 g/mol. The molecule has 2 aromatic rings.